The highest BCUT2D eigenvalue weighted by molar-refractivity contribution is 5.94. The summed E-state index contributed by atoms with van der Waals surface area (Å²) < 4.78 is 1.91. The number of aromatic nitrogens is 2. The van der Waals surface area contributed by atoms with Crippen LogP contribution in [0.15, 0.2) is 48.7 Å². The maximum Gasteiger partial charge on any atom is 0.209 e. The third kappa shape index (κ3) is 2.58. The van der Waals surface area contributed by atoms with Crippen molar-refractivity contribution in [2.75, 3.05) is 13.1 Å². The van der Waals surface area contributed by atoms with E-state index in [0.717, 1.165) is 37.9 Å². The van der Waals surface area contributed by atoms with Crippen molar-refractivity contribution in [1.82, 2.24) is 14.7 Å². The predicted octanol–water partition coefficient (Wildman–Crippen LogP) is 3.58. The SMILES string of the molecule is Cn1ncc2c(-c3ccc(C4CCN(C=O)CC4)cc3)cccc21. The second kappa shape index (κ2) is 6.11. The molecule has 4 rings (SSSR count). The summed E-state index contributed by atoms with van der Waals surface area (Å²) in [6.07, 6.45) is 5.01. The molecule has 0 N–H and O–H groups in total. The van der Waals surface area contributed by atoms with Gasteiger partial charge in [0, 0.05) is 25.5 Å². The normalized spacial score (nSPS) is 15.8. The Kier molecular flexibility index (Phi) is 3.81. The number of carbonyl (C=O) groups excluding carboxylic acids is 1. The fraction of sp³-hybridized carbons (Fsp3) is 0.300. The van der Waals surface area contributed by atoms with Crippen molar-refractivity contribution in [3.63, 3.8) is 0 Å². The van der Waals surface area contributed by atoms with E-state index in [-0.39, 0.29) is 0 Å². The molecule has 0 aliphatic carbocycles. The van der Waals surface area contributed by atoms with E-state index >= 15 is 0 Å². The van der Waals surface area contributed by atoms with E-state index in [2.05, 4.69) is 47.6 Å². The van der Waals surface area contributed by atoms with Crippen molar-refractivity contribution in [1.29, 1.82) is 0 Å². The van der Waals surface area contributed by atoms with E-state index in [1.807, 2.05) is 22.8 Å². The van der Waals surface area contributed by atoms with Crippen LogP contribution in [0.25, 0.3) is 22.0 Å². The van der Waals surface area contributed by atoms with Gasteiger partial charge in [0.1, 0.15) is 0 Å². The minimum atomic E-state index is 0.560. The molecule has 2 aromatic carbocycles. The van der Waals surface area contributed by atoms with Gasteiger partial charge in [-0.2, -0.15) is 5.10 Å². The van der Waals surface area contributed by atoms with Crippen LogP contribution in [0.4, 0.5) is 0 Å². The van der Waals surface area contributed by atoms with Gasteiger partial charge >= 0.3 is 0 Å². The van der Waals surface area contributed by atoms with Gasteiger partial charge in [-0.25, -0.2) is 0 Å². The molecular weight excluding hydrogens is 298 g/mol. The van der Waals surface area contributed by atoms with Crippen molar-refractivity contribution in [3.05, 3.63) is 54.2 Å². The fourth-order valence-corrected chi connectivity index (χ4v) is 3.70. The molecule has 0 saturated carbocycles. The summed E-state index contributed by atoms with van der Waals surface area (Å²) in [5, 5.41) is 5.56. The molecule has 122 valence electrons. The Hall–Kier alpha value is -2.62. The highest BCUT2D eigenvalue weighted by Gasteiger charge is 2.19. The molecule has 0 unspecified atom stereocenters. The van der Waals surface area contributed by atoms with E-state index in [9.17, 15) is 4.79 Å². The summed E-state index contributed by atoms with van der Waals surface area (Å²) in [5.74, 6) is 0.560. The number of aryl methyl sites for hydroxylation is 1. The second-order valence-corrected chi connectivity index (χ2v) is 6.54. The fourth-order valence-electron chi connectivity index (χ4n) is 3.70. The van der Waals surface area contributed by atoms with Crippen LogP contribution in [-0.4, -0.2) is 34.2 Å². The number of amides is 1. The van der Waals surface area contributed by atoms with Gasteiger partial charge in [-0.3, -0.25) is 9.48 Å². The van der Waals surface area contributed by atoms with Crippen molar-refractivity contribution < 1.29 is 4.79 Å². The molecule has 1 aliphatic rings. The molecule has 3 aromatic rings. The van der Waals surface area contributed by atoms with E-state index in [1.165, 1.54) is 22.1 Å². The molecule has 0 bridgehead atoms. The van der Waals surface area contributed by atoms with Gasteiger partial charge < -0.3 is 4.90 Å². The summed E-state index contributed by atoms with van der Waals surface area (Å²) in [5.41, 5.74) is 4.98. The molecule has 1 saturated heterocycles. The number of rotatable bonds is 3. The molecule has 4 nitrogen and oxygen atoms in total. The summed E-state index contributed by atoms with van der Waals surface area (Å²) in [6.45, 7) is 1.73. The Balaban J connectivity index is 1.61. The molecule has 24 heavy (non-hydrogen) atoms. The zero-order valence-corrected chi connectivity index (χ0v) is 13.9. The van der Waals surface area contributed by atoms with E-state index in [1.54, 1.807) is 0 Å². The van der Waals surface area contributed by atoms with Crippen LogP contribution in [0.3, 0.4) is 0 Å². The largest absolute Gasteiger partial charge is 0.345 e. The molecule has 0 atom stereocenters. The summed E-state index contributed by atoms with van der Waals surface area (Å²) >= 11 is 0. The van der Waals surface area contributed by atoms with Gasteiger partial charge in [-0.1, -0.05) is 36.4 Å². The van der Waals surface area contributed by atoms with E-state index in [0.29, 0.717) is 5.92 Å². The molecule has 1 aliphatic heterocycles. The third-order valence-electron chi connectivity index (χ3n) is 5.16. The maximum absolute atomic E-state index is 10.8. The van der Waals surface area contributed by atoms with Crippen molar-refractivity contribution in [2.24, 2.45) is 7.05 Å². The van der Waals surface area contributed by atoms with Crippen LogP contribution in [0, 0.1) is 0 Å². The van der Waals surface area contributed by atoms with E-state index in [4.69, 9.17) is 0 Å². The molecule has 4 heteroatoms. The number of carbonyl (C=O) groups is 1. The van der Waals surface area contributed by atoms with Crippen molar-refractivity contribution >= 4 is 17.3 Å². The standard InChI is InChI=1S/C20H21N3O/c1-22-20-4-2-3-18(19(20)13-21-22)17-7-5-15(6-8-17)16-9-11-23(14-24)12-10-16/h2-8,13-14,16H,9-12H2,1H3. The topological polar surface area (TPSA) is 38.1 Å². The number of benzene rings is 2. The molecule has 1 aromatic heterocycles. The van der Waals surface area contributed by atoms with Gasteiger partial charge in [0.2, 0.25) is 6.41 Å². The zero-order valence-electron chi connectivity index (χ0n) is 13.9. The number of piperidine rings is 1. The molecular formula is C20H21N3O. The zero-order chi connectivity index (χ0) is 16.5. The lowest BCUT2D eigenvalue weighted by Gasteiger charge is -2.29. The van der Waals surface area contributed by atoms with Gasteiger partial charge in [0.25, 0.3) is 0 Å². The van der Waals surface area contributed by atoms with Crippen LogP contribution >= 0.6 is 0 Å². The Labute approximate surface area is 141 Å². The third-order valence-corrected chi connectivity index (χ3v) is 5.16. The van der Waals surface area contributed by atoms with Crippen molar-refractivity contribution in [3.8, 4) is 11.1 Å². The summed E-state index contributed by atoms with van der Waals surface area (Å²) in [7, 11) is 1.97. The average Bonchev–Trinajstić information content (AvgIpc) is 3.03. The first-order valence-corrected chi connectivity index (χ1v) is 8.46. The van der Waals surface area contributed by atoms with Crippen LogP contribution in [-0.2, 0) is 11.8 Å². The number of likely N-dealkylation sites (tertiary alicyclic amines) is 1. The van der Waals surface area contributed by atoms with Gasteiger partial charge in [0.05, 0.1) is 11.7 Å². The number of nitrogens with zero attached hydrogens (tertiary/aromatic N) is 3. The van der Waals surface area contributed by atoms with Crippen molar-refractivity contribution in [2.45, 2.75) is 18.8 Å². The number of hydrogen-bond acceptors (Lipinski definition) is 2. The minimum absolute atomic E-state index is 0.560. The predicted molar refractivity (Wildman–Crippen MR) is 95.8 cm³/mol. The first kappa shape index (κ1) is 14.9. The Morgan fingerprint density at radius 2 is 1.83 bits per heavy atom. The van der Waals surface area contributed by atoms with E-state index < -0.39 is 0 Å². The van der Waals surface area contributed by atoms with Crippen LogP contribution in [0.1, 0.15) is 24.3 Å². The molecule has 1 fully saturated rings. The Morgan fingerprint density at radius 3 is 2.54 bits per heavy atom. The van der Waals surface area contributed by atoms with Gasteiger partial charge in [0.15, 0.2) is 0 Å². The summed E-state index contributed by atoms with van der Waals surface area (Å²) in [6, 6.07) is 15.2. The molecule has 0 spiro atoms. The first-order chi connectivity index (χ1) is 11.8. The highest BCUT2D eigenvalue weighted by Crippen LogP contribution is 2.32. The van der Waals surface area contributed by atoms with Crippen LogP contribution in [0.5, 0.6) is 0 Å². The smallest absolute Gasteiger partial charge is 0.209 e. The average molecular weight is 319 g/mol. The quantitative estimate of drug-likeness (QED) is 0.692. The lowest BCUT2D eigenvalue weighted by atomic mass is 9.88. The Bertz CT molecular complexity index is 858. The second-order valence-electron chi connectivity index (χ2n) is 6.54. The lowest BCUT2D eigenvalue weighted by molar-refractivity contribution is -0.119. The number of hydrogen-bond donors (Lipinski definition) is 0. The van der Waals surface area contributed by atoms with Crippen LogP contribution in [0.2, 0.25) is 0 Å². The first-order valence-electron chi connectivity index (χ1n) is 8.46. The summed E-state index contributed by atoms with van der Waals surface area (Å²) in [4.78, 5) is 12.7. The molecule has 1 amide bonds. The molecule has 2 heterocycles. The minimum Gasteiger partial charge on any atom is -0.345 e. The van der Waals surface area contributed by atoms with Gasteiger partial charge in [-0.15, -0.1) is 0 Å². The Morgan fingerprint density at radius 1 is 1.08 bits per heavy atom. The maximum atomic E-state index is 10.8. The number of fused-ring (bicyclic) bond motifs is 1. The lowest BCUT2D eigenvalue weighted by Crippen LogP contribution is -2.31. The molecule has 0 radical (unpaired) electrons. The highest BCUT2D eigenvalue weighted by atomic mass is 16.1. The monoisotopic (exact) mass is 319 g/mol. The van der Waals surface area contributed by atoms with Gasteiger partial charge in [-0.05, 0) is 41.5 Å². The van der Waals surface area contributed by atoms with Crippen LogP contribution < -0.4 is 0 Å².